The number of unbranched alkanes of at least 4 members (excludes halogenated alkanes) is 4. The molecule has 0 radical (unpaired) electrons. The Labute approximate surface area is 234 Å². The van der Waals surface area contributed by atoms with Crippen LogP contribution >= 0.6 is 0 Å². The lowest BCUT2D eigenvalue weighted by Gasteiger charge is -2.35. The molecule has 0 spiro atoms. The molecule has 4 amide bonds. The Kier molecular flexibility index (Phi) is 14.6. The van der Waals surface area contributed by atoms with Crippen molar-refractivity contribution < 1.29 is 23.9 Å². The minimum absolute atomic E-state index is 0.0849. The summed E-state index contributed by atoms with van der Waals surface area (Å²) in [6.45, 7) is 13.4. The first-order valence-electron chi connectivity index (χ1n) is 14.2. The summed E-state index contributed by atoms with van der Waals surface area (Å²) in [7, 11) is 0. The number of carbonyl (C=O) groups is 4. The Morgan fingerprint density at radius 1 is 0.949 bits per heavy atom. The number of carbonyl (C=O) groups excluding carboxylic acids is 4. The van der Waals surface area contributed by atoms with Crippen molar-refractivity contribution in [2.24, 2.45) is 5.73 Å². The molecule has 0 fully saturated rings. The lowest BCUT2D eigenvalue weighted by molar-refractivity contribution is -0.143. The summed E-state index contributed by atoms with van der Waals surface area (Å²) in [4.78, 5) is 53.8. The number of nitrogens with two attached hydrogens (primary N) is 1. The lowest BCUT2D eigenvalue weighted by Crippen LogP contribution is -2.54. The van der Waals surface area contributed by atoms with Gasteiger partial charge in [0.1, 0.15) is 17.7 Å². The van der Waals surface area contributed by atoms with Gasteiger partial charge in [-0.15, -0.1) is 0 Å². The first-order chi connectivity index (χ1) is 18.3. The van der Waals surface area contributed by atoms with Crippen molar-refractivity contribution in [1.29, 1.82) is 0 Å². The maximum atomic E-state index is 14.1. The third-order valence-electron chi connectivity index (χ3n) is 6.24. The van der Waals surface area contributed by atoms with Crippen molar-refractivity contribution >= 4 is 23.8 Å². The molecule has 4 N–H and O–H groups in total. The summed E-state index contributed by atoms with van der Waals surface area (Å²) in [6, 6.07) is 5.17. The Morgan fingerprint density at radius 3 is 2.10 bits per heavy atom. The smallest absolute Gasteiger partial charge is 0.408 e. The van der Waals surface area contributed by atoms with E-state index in [1.165, 1.54) is 4.90 Å². The maximum Gasteiger partial charge on any atom is 0.408 e. The van der Waals surface area contributed by atoms with E-state index in [1.54, 1.807) is 20.8 Å². The van der Waals surface area contributed by atoms with Gasteiger partial charge < -0.3 is 26.0 Å². The number of amides is 4. The van der Waals surface area contributed by atoms with Crippen molar-refractivity contribution in [3.8, 4) is 0 Å². The van der Waals surface area contributed by atoms with Gasteiger partial charge in [0.25, 0.3) is 0 Å². The molecule has 39 heavy (non-hydrogen) atoms. The molecule has 1 aromatic carbocycles. The SMILES string of the molecule is CCCCCCCN(C(=O)C(CC(N)=O)NC(=O)OC(C)(C)C)C(C(=O)NC(C)CCC)c1ccc(C)cc1. The molecule has 1 aromatic rings. The van der Waals surface area contributed by atoms with Crippen LogP contribution in [0.15, 0.2) is 24.3 Å². The number of primary amides is 1. The number of ether oxygens (including phenoxy) is 1. The van der Waals surface area contributed by atoms with E-state index in [0.29, 0.717) is 12.0 Å². The standard InChI is InChI=1S/C30H50N4O5/c1-8-10-11-12-13-19-34(28(37)24(20-25(31)35)33-29(38)39-30(5,6)7)26(23-17-15-21(3)16-18-23)27(36)32-22(4)14-9-2/h15-18,22,24,26H,8-14,19-20H2,1-7H3,(H2,31,35)(H,32,36)(H,33,38). The third-order valence-corrected chi connectivity index (χ3v) is 6.24. The van der Waals surface area contributed by atoms with Gasteiger partial charge in [-0.2, -0.15) is 0 Å². The summed E-state index contributed by atoms with van der Waals surface area (Å²) >= 11 is 0. The van der Waals surface area contributed by atoms with Crippen LogP contribution in [0.4, 0.5) is 4.79 Å². The molecule has 0 aliphatic carbocycles. The molecule has 9 heteroatoms. The summed E-state index contributed by atoms with van der Waals surface area (Å²) in [5.74, 6) is -1.61. The number of nitrogens with zero attached hydrogens (tertiary/aromatic N) is 1. The average molecular weight is 547 g/mol. The van der Waals surface area contributed by atoms with Gasteiger partial charge in [-0.05, 0) is 53.0 Å². The van der Waals surface area contributed by atoms with Crippen LogP contribution in [-0.4, -0.2) is 52.9 Å². The van der Waals surface area contributed by atoms with E-state index < -0.39 is 42.0 Å². The van der Waals surface area contributed by atoms with E-state index in [-0.39, 0.29) is 18.5 Å². The number of aryl methyl sites for hydroxylation is 1. The highest BCUT2D eigenvalue weighted by Gasteiger charge is 2.37. The van der Waals surface area contributed by atoms with Crippen molar-refractivity contribution in [3.63, 3.8) is 0 Å². The number of nitrogens with one attached hydrogen (secondary N) is 2. The van der Waals surface area contributed by atoms with Crippen LogP contribution in [0, 0.1) is 6.92 Å². The summed E-state index contributed by atoms with van der Waals surface area (Å²) < 4.78 is 5.34. The second-order valence-electron chi connectivity index (χ2n) is 11.3. The van der Waals surface area contributed by atoms with Gasteiger partial charge in [0.15, 0.2) is 0 Å². The number of alkyl carbamates (subject to hydrolysis) is 1. The van der Waals surface area contributed by atoms with Gasteiger partial charge in [0.05, 0.1) is 6.42 Å². The zero-order chi connectivity index (χ0) is 29.6. The van der Waals surface area contributed by atoms with Crippen LogP contribution in [0.2, 0.25) is 0 Å². The molecule has 0 bridgehead atoms. The monoisotopic (exact) mass is 546 g/mol. The molecular formula is C30H50N4O5. The topological polar surface area (TPSA) is 131 Å². The molecule has 220 valence electrons. The molecule has 0 aliphatic heterocycles. The fourth-order valence-corrected chi connectivity index (χ4v) is 4.35. The normalized spacial score (nSPS) is 13.6. The fraction of sp³-hybridized carbons (Fsp3) is 0.667. The predicted octanol–water partition coefficient (Wildman–Crippen LogP) is 4.91. The highest BCUT2D eigenvalue weighted by atomic mass is 16.6. The minimum Gasteiger partial charge on any atom is -0.444 e. The van der Waals surface area contributed by atoms with Crippen molar-refractivity contribution in [1.82, 2.24) is 15.5 Å². The third kappa shape index (κ3) is 13.0. The van der Waals surface area contributed by atoms with Crippen LogP contribution in [0.1, 0.15) is 110 Å². The number of hydrogen-bond acceptors (Lipinski definition) is 5. The number of hydrogen-bond donors (Lipinski definition) is 3. The Balaban J connectivity index is 3.48. The molecular weight excluding hydrogens is 496 g/mol. The van der Waals surface area contributed by atoms with E-state index in [2.05, 4.69) is 17.6 Å². The van der Waals surface area contributed by atoms with Crippen molar-refractivity contribution in [2.75, 3.05) is 6.54 Å². The minimum atomic E-state index is -1.28. The molecule has 0 aliphatic rings. The zero-order valence-corrected chi connectivity index (χ0v) is 25.0. The van der Waals surface area contributed by atoms with E-state index in [4.69, 9.17) is 10.5 Å². The summed E-state index contributed by atoms with van der Waals surface area (Å²) in [6.07, 6.45) is 5.15. The second-order valence-corrected chi connectivity index (χ2v) is 11.3. The van der Waals surface area contributed by atoms with Crippen LogP contribution in [-0.2, 0) is 19.1 Å². The largest absolute Gasteiger partial charge is 0.444 e. The summed E-state index contributed by atoms with van der Waals surface area (Å²) in [5, 5.41) is 5.58. The number of benzene rings is 1. The lowest BCUT2D eigenvalue weighted by atomic mass is 9.99. The molecule has 0 heterocycles. The molecule has 3 atom stereocenters. The van der Waals surface area contributed by atoms with Gasteiger partial charge in [-0.25, -0.2) is 4.79 Å². The van der Waals surface area contributed by atoms with Crippen molar-refractivity contribution in [2.45, 2.75) is 124 Å². The van der Waals surface area contributed by atoms with Gasteiger partial charge in [0.2, 0.25) is 17.7 Å². The molecule has 0 aromatic heterocycles. The van der Waals surface area contributed by atoms with E-state index in [1.807, 2.05) is 45.0 Å². The Bertz CT molecular complexity index is 926. The first-order valence-corrected chi connectivity index (χ1v) is 14.2. The molecule has 0 saturated heterocycles. The van der Waals surface area contributed by atoms with Crippen LogP contribution in [0.25, 0.3) is 0 Å². The molecule has 1 rings (SSSR count). The first kappa shape index (κ1) is 33.9. The van der Waals surface area contributed by atoms with E-state index in [9.17, 15) is 19.2 Å². The predicted molar refractivity (Wildman–Crippen MR) is 154 cm³/mol. The highest BCUT2D eigenvalue weighted by Crippen LogP contribution is 2.25. The van der Waals surface area contributed by atoms with Gasteiger partial charge in [-0.3, -0.25) is 14.4 Å². The van der Waals surface area contributed by atoms with E-state index in [0.717, 1.165) is 44.1 Å². The average Bonchev–Trinajstić information content (AvgIpc) is 2.82. The fourth-order valence-electron chi connectivity index (χ4n) is 4.35. The quantitative estimate of drug-likeness (QED) is 0.254. The van der Waals surface area contributed by atoms with E-state index >= 15 is 0 Å². The second kappa shape index (κ2) is 16.8. The summed E-state index contributed by atoms with van der Waals surface area (Å²) in [5.41, 5.74) is 6.34. The number of rotatable bonds is 16. The van der Waals surface area contributed by atoms with Crippen molar-refractivity contribution in [3.05, 3.63) is 35.4 Å². The van der Waals surface area contributed by atoms with Gasteiger partial charge in [-0.1, -0.05) is 75.8 Å². The Hall–Kier alpha value is -3.10. The molecule has 9 nitrogen and oxygen atoms in total. The molecule has 0 saturated carbocycles. The molecule has 3 unspecified atom stereocenters. The van der Waals surface area contributed by atoms with Gasteiger partial charge >= 0.3 is 6.09 Å². The van der Waals surface area contributed by atoms with Crippen LogP contribution in [0.3, 0.4) is 0 Å². The zero-order valence-electron chi connectivity index (χ0n) is 25.0. The Morgan fingerprint density at radius 2 is 1.56 bits per heavy atom. The highest BCUT2D eigenvalue weighted by molar-refractivity contribution is 5.94. The van der Waals surface area contributed by atoms with Crippen LogP contribution < -0.4 is 16.4 Å². The van der Waals surface area contributed by atoms with Gasteiger partial charge in [0, 0.05) is 12.6 Å². The maximum absolute atomic E-state index is 14.1. The van der Waals surface area contributed by atoms with Crippen LogP contribution in [0.5, 0.6) is 0 Å².